The van der Waals surface area contributed by atoms with Crippen molar-refractivity contribution in [3.63, 3.8) is 0 Å². The first-order chi connectivity index (χ1) is 7.29. The molecule has 0 bridgehead atoms. The Morgan fingerprint density at radius 3 is 3.07 bits per heavy atom. The lowest BCUT2D eigenvalue weighted by Gasteiger charge is -2.28. The third-order valence-electron chi connectivity index (χ3n) is 2.36. The largest absolute Gasteiger partial charge is 0.366 e. The van der Waals surface area contributed by atoms with Gasteiger partial charge in [0.15, 0.2) is 0 Å². The van der Waals surface area contributed by atoms with Crippen LogP contribution in [0.15, 0.2) is 12.7 Å². The van der Waals surface area contributed by atoms with Gasteiger partial charge >= 0.3 is 0 Å². The van der Waals surface area contributed by atoms with E-state index in [1.165, 1.54) is 0 Å². The van der Waals surface area contributed by atoms with Gasteiger partial charge in [0.05, 0.1) is 6.61 Å². The Hall–Kier alpha value is -0.870. The SMILES string of the molecule is C=CCN(CCC)C(=O)C1CNCCO1. The standard InChI is InChI=1S/C11H20N2O2/c1-3-6-13(7-4-2)11(14)10-9-12-5-8-15-10/h3,10,12H,1,4-9H2,2H3. The van der Waals surface area contributed by atoms with Crippen LogP contribution in [0.1, 0.15) is 13.3 Å². The van der Waals surface area contributed by atoms with Gasteiger partial charge in [0.2, 0.25) is 0 Å². The van der Waals surface area contributed by atoms with Crippen molar-refractivity contribution >= 4 is 5.91 Å². The zero-order chi connectivity index (χ0) is 11.1. The maximum atomic E-state index is 12.0. The highest BCUT2D eigenvalue weighted by Gasteiger charge is 2.25. The molecule has 1 N–H and O–H groups in total. The van der Waals surface area contributed by atoms with E-state index in [9.17, 15) is 4.79 Å². The van der Waals surface area contributed by atoms with E-state index in [-0.39, 0.29) is 12.0 Å². The van der Waals surface area contributed by atoms with E-state index in [4.69, 9.17) is 4.74 Å². The Kier molecular flexibility index (Phi) is 5.36. The number of hydrogen-bond donors (Lipinski definition) is 1. The number of rotatable bonds is 5. The number of carbonyl (C=O) groups is 1. The molecule has 1 unspecified atom stereocenters. The Morgan fingerprint density at radius 2 is 2.53 bits per heavy atom. The van der Waals surface area contributed by atoms with Crippen molar-refractivity contribution in [2.45, 2.75) is 19.4 Å². The fourth-order valence-corrected chi connectivity index (χ4v) is 1.64. The van der Waals surface area contributed by atoms with Crippen molar-refractivity contribution in [2.75, 3.05) is 32.8 Å². The van der Waals surface area contributed by atoms with Gasteiger partial charge in [-0.05, 0) is 6.42 Å². The fourth-order valence-electron chi connectivity index (χ4n) is 1.64. The minimum Gasteiger partial charge on any atom is -0.366 e. The van der Waals surface area contributed by atoms with Crippen LogP contribution in [0.3, 0.4) is 0 Å². The molecule has 1 aliphatic rings. The topological polar surface area (TPSA) is 41.6 Å². The molecule has 0 aliphatic carbocycles. The second kappa shape index (κ2) is 6.58. The maximum absolute atomic E-state index is 12.0. The van der Waals surface area contributed by atoms with Gasteiger partial charge in [-0.1, -0.05) is 13.0 Å². The van der Waals surface area contributed by atoms with Crippen LogP contribution in [0.2, 0.25) is 0 Å². The summed E-state index contributed by atoms with van der Waals surface area (Å²) in [5.41, 5.74) is 0. The maximum Gasteiger partial charge on any atom is 0.253 e. The first-order valence-corrected chi connectivity index (χ1v) is 5.51. The average molecular weight is 212 g/mol. The van der Waals surface area contributed by atoms with E-state index in [1.54, 1.807) is 11.0 Å². The summed E-state index contributed by atoms with van der Waals surface area (Å²) in [5.74, 6) is 0.0731. The van der Waals surface area contributed by atoms with Gasteiger partial charge in [-0.3, -0.25) is 4.79 Å². The summed E-state index contributed by atoms with van der Waals surface area (Å²) in [6, 6.07) is 0. The highest BCUT2D eigenvalue weighted by molar-refractivity contribution is 5.81. The van der Waals surface area contributed by atoms with Gasteiger partial charge in [0.25, 0.3) is 5.91 Å². The van der Waals surface area contributed by atoms with Crippen LogP contribution in [-0.4, -0.2) is 49.7 Å². The number of hydrogen-bond acceptors (Lipinski definition) is 3. The average Bonchev–Trinajstić information content (AvgIpc) is 2.29. The summed E-state index contributed by atoms with van der Waals surface area (Å²) in [6.07, 6.45) is 2.40. The summed E-state index contributed by atoms with van der Waals surface area (Å²) < 4.78 is 5.43. The molecule has 1 saturated heterocycles. The van der Waals surface area contributed by atoms with E-state index in [0.717, 1.165) is 19.5 Å². The normalized spacial score (nSPS) is 21.0. The summed E-state index contributed by atoms with van der Waals surface area (Å²) in [5, 5.41) is 3.16. The minimum atomic E-state index is -0.315. The third-order valence-corrected chi connectivity index (χ3v) is 2.36. The van der Waals surface area contributed by atoms with Gasteiger partial charge in [-0.15, -0.1) is 6.58 Å². The number of carbonyl (C=O) groups excluding carboxylic acids is 1. The van der Waals surface area contributed by atoms with Gasteiger partial charge in [-0.25, -0.2) is 0 Å². The predicted molar refractivity (Wildman–Crippen MR) is 59.7 cm³/mol. The molecule has 4 heteroatoms. The molecule has 1 aliphatic heterocycles. The first kappa shape index (κ1) is 12.2. The van der Waals surface area contributed by atoms with Crippen LogP contribution in [0.5, 0.6) is 0 Å². The number of nitrogens with zero attached hydrogens (tertiary/aromatic N) is 1. The van der Waals surface area contributed by atoms with Gasteiger partial charge < -0.3 is 15.0 Å². The molecule has 1 heterocycles. The van der Waals surface area contributed by atoms with E-state index in [0.29, 0.717) is 19.7 Å². The molecule has 4 nitrogen and oxygen atoms in total. The molecule has 1 fully saturated rings. The first-order valence-electron chi connectivity index (χ1n) is 5.51. The van der Waals surface area contributed by atoms with Gasteiger partial charge in [0.1, 0.15) is 6.10 Å². The Bertz CT molecular complexity index is 213. The predicted octanol–water partition coefficient (Wildman–Crippen LogP) is 0.399. The smallest absolute Gasteiger partial charge is 0.253 e. The summed E-state index contributed by atoms with van der Waals surface area (Å²) in [6.45, 7) is 9.16. The molecular weight excluding hydrogens is 192 g/mol. The molecule has 0 radical (unpaired) electrons. The number of amides is 1. The molecule has 1 rings (SSSR count). The van der Waals surface area contributed by atoms with Crippen molar-refractivity contribution < 1.29 is 9.53 Å². The van der Waals surface area contributed by atoms with E-state index < -0.39 is 0 Å². The molecule has 1 amide bonds. The fraction of sp³-hybridized carbons (Fsp3) is 0.727. The van der Waals surface area contributed by atoms with Crippen LogP contribution in [0, 0.1) is 0 Å². The van der Waals surface area contributed by atoms with E-state index in [2.05, 4.69) is 18.8 Å². The van der Waals surface area contributed by atoms with Crippen LogP contribution >= 0.6 is 0 Å². The zero-order valence-corrected chi connectivity index (χ0v) is 9.37. The molecule has 0 saturated carbocycles. The number of ether oxygens (including phenoxy) is 1. The lowest BCUT2D eigenvalue weighted by atomic mass is 10.2. The Labute approximate surface area is 91.3 Å². The van der Waals surface area contributed by atoms with Crippen molar-refractivity contribution in [1.29, 1.82) is 0 Å². The molecular formula is C11H20N2O2. The van der Waals surface area contributed by atoms with E-state index >= 15 is 0 Å². The van der Waals surface area contributed by atoms with Crippen LogP contribution in [0.4, 0.5) is 0 Å². The van der Waals surface area contributed by atoms with Gasteiger partial charge in [0, 0.05) is 26.2 Å². The molecule has 15 heavy (non-hydrogen) atoms. The second-order valence-electron chi connectivity index (χ2n) is 3.64. The summed E-state index contributed by atoms with van der Waals surface area (Å²) >= 11 is 0. The Balaban J connectivity index is 2.48. The van der Waals surface area contributed by atoms with Gasteiger partial charge in [-0.2, -0.15) is 0 Å². The number of morpholine rings is 1. The molecule has 0 aromatic rings. The van der Waals surface area contributed by atoms with Crippen molar-refractivity contribution in [3.8, 4) is 0 Å². The van der Waals surface area contributed by atoms with E-state index in [1.807, 2.05) is 0 Å². The number of nitrogens with one attached hydrogen (secondary N) is 1. The lowest BCUT2D eigenvalue weighted by molar-refractivity contribution is -0.144. The highest BCUT2D eigenvalue weighted by atomic mass is 16.5. The van der Waals surface area contributed by atoms with Crippen molar-refractivity contribution in [3.05, 3.63) is 12.7 Å². The van der Waals surface area contributed by atoms with Crippen LogP contribution < -0.4 is 5.32 Å². The second-order valence-corrected chi connectivity index (χ2v) is 3.64. The molecule has 0 aromatic heterocycles. The zero-order valence-electron chi connectivity index (χ0n) is 9.37. The summed E-state index contributed by atoms with van der Waals surface area (Å²) in [7, 11) is 0. The Morgan fingerprint density at radius 1 is 1.73 bits per heavy atom. The molecule has 86 valence electrons. The van der Waals surface area contributed by atoms with Crippen LogP contribution in [-0.2, 0) is 9.53 Å². The molecule has 1 atom stereocenters. The van der Waals surface area contributed by atoms with Crippen LogP contribution in [0.25, 0.3) is 0 Å². The summed E-state index contributed by atoms with van der Waals surface area (Å²) in [4.78, 5) is 13.8. The molecule has 0 spiro atoms. The highest BCUT2D eigenvalue weighted by Crippen LogP contribution is 2.03. The molecule has 0 aromatic carbocycles. The quantitative estimate of drug-likeness (QED) is 0.671. The van der Waals surface area contributed by atoms with Crippen molar-refractivity contribution in [1.82, 2.24) is 10.2 Å². The third kappa shape index (κ3) is 3.64. The lowest BCUT2D eigenvalue weighted by Crippen LogP contribution is -2.49. The van der Waals surface area contributed by atoms with Crippen molar-refractivity contribution in [2.24, 2.45) is 0 Å². The monoisotopic (exact) mass is 212 g/mol. The minimum absolute atomic E-state index is 0.0731.